The van der Waals surface area contributed by atoms with Crippen LogP contribution in [0.3, 0.4) is 0 Å². The van der Waals surface area contributed by atoms with Gasteiger partial charge in [0.2, 0.25) is 0 Å². The van der Waals surface area contributed by atoms with Gasteiger partial charge in [0.05, 0.1) is 0 Å². The van der Waals surface area contributed by atoms with E-state index in [0.29, 0.717) is 0 Å². The van der Waals surface area contributed by atoms with Crippen LogP contribution in [0.1, 0.15) is 12.8 Å². The molecule has 0 radical (unpaired) electrons. The Kier molecular flexibility index (Phi) is 2.17. The van der Waals surface area contributed by atoms with Gasteiger partial charge in [-0.2, -0.15) is 0 Å². The molecule has 0 spiro atoms. The Morgan fingerprint density at radius 1 is 1.44 bits per heavy atom. The van der Waals surface area contributed by atoms with Crippen molar-refractivity contribution >= 4 is 12.6 Å². The van der Waals surface area contributed by atoms with Crippen molar-refractivity contribution < 1.29 is 0 Å². The van der Waals surface area contributed by atoms with Gasteiger partial charge in [0, 0.05) is 0 Å². The van der Waals surface area contributed by atoms with Gasteiger partial charge in [-0.15, -0.1) is 12.6 Å². The third kappa shape index (κ3) is 1.75. The van der Waals surface area contributed by atoms with Crippen LogP contribution < -0.4 is 0 Å². The number of rotatable bonds is 1. The third-order valence-corrected chi connectivity index (χ3v) is 1.79. The summed E-state index contributed by atoms with van der Waals surface area (Å²) in [6, 6.07) is 0. The molecule has 0 saturated heterocycles. The minimum Gasteiger partial charge on any atom is -0.148 e. The van der Waals surface area contributed by atoms with E-state index >= 15 is 0 Å². The molecule has 0 aromatic heterocycles. The monoisotopic (exact) mass is 138 g/mol. The van der Waals surface area contributed by atoms with Gasteiger partial charge in [-0.1, -0.05) is 24.8 Å². The Bertz CT molecular complexity index is 175. The minimum absolute atomic E-state index is 1.07. The lowest BCUT2D eigenvalue weighted by Gasteiger charge is -2.05. The second-order valence-corrected chi connectivity index (χ2v) is 2.68. The van der Waals surface area contributed by atoms with Crippen LogP contribution in [-0.4, -0.2) is 0 Å². The van der Waals surface area contributed by atoms with Crippen molar-refractivity contribution in [2.75, 3.05) is 0 Å². The zero-order valence-electron chi connectivity index (χ0n) is 5.30. The standard InChI is InChI=1S/C8H10S/c1-2-7-3-5-8(9)6-4-7/h2-3,5,9H,1,4,6H2. The molecular weight excluding hydrogens is 128 g/mol. The van der Waals surface area contributed by atoms with Crippen molar-refractivity contribution in [2.24, 2.45) is 0 Å². The molecule has 1 aliphatic rings. The first kappa shape index (κ1) is 6.69. The third-order valence-electron chi connectivity index (χ3n) is 1.42. The summed E-state index contributed by atoms with van der Waals surface area (Å²) in [4.78, 5) is 1.17. The van der Waals surface area contributed by atoms with E-state index in [-0.39, 0.29) is 0 Å². The quantitative estimate of drug-likeness (QED) is 0.529. The normalized spacial score (nSPS) is 18.3. The molecule has 1 aliphatic carbocycles. The zero-order chi connectivity index (χ0) is 6.69. The van der Waals surface area contributed by atoms with Gasteiger partial charge in [-0.05, 0) is 23.3 Å². The molecule has 0 aromatic rings. The summed E-state index contributed by atoms with van der Waals surface area (Å²) >= 11 is 4.22. The largest absolute Gasteiger partial charge is 0.148 e. The number of thiol groups is 1. The topological polar surface area (TPSA) is 0 Å². The van der Waals surface area contributed by atoms with Crippen LogP contribution in [0.15, 0.2) is 35.3 Å². The zero-order valence-corrected chi connectivity index (χ0v) is 6.20. The fourth-order valence-corrected chi connectivity index (χ4v) is 0.999. The van der Waals surface area contributed by atoms with Gasteiger partial charge in [0.25, 0.3) is 0 Å². The van der Waals surface area contributed by atoms with E-state index in [1.54, 1.807) is 0 Å². The van der Waals surface area contributed by atoms with E-state index in [2.05, 4.69) is 25.3 Å². The highest BCUT2D eigenvalue weighted by Gasteiger charge is 1.98. The Morgan fingerprint density at radius 2 is 2.22 bits per heavy atom. The maximum atomic E-state index is 4.22. The molecule has 9 heavy (non-hydrogen) atoms. The smallest absolute Gasteiger partial charge is 0.0181 e. The van der Waals surface area contributed by atoms with E-state index in [9.17, 15) is 0 Å². The highest BCUT2D eigenvalue weighted by Crippen LogP contribution is 2.20. The molecule has 0 heterocycles. The Labute approximate surface area is 61.4 Å². The van der Waals surface area contributed by atoms with Gasteiger partial charge in [-0.25, -0.2) is 0 Å². The predicted octanol–water partition coefficient (Wildman–Crippen LogP) is 2.71. The van der Waals surface area contributed by atoms with E-state index in [1.165, 1.54) is 10.5 Å². The second-order valence-electron chi connectivity index (χ2n) is 2.10. The van der Waals surface area contributed by atoms with Crippen molar-refractivity contribution in [3.8, 4) is 0 Å². The van der Waals surface area contributed by atoms with Crippen molar-refractivity contribution in [2.45, 2.75) is 12.8 Å². The number of hydrogen-bond donors (Lipinski definition) is 1. The summed E-state index contributed by atoms with van der Waals surface area (Å²) in [5.74, 6) is 0. The fourth-order valence-electron chi connectivity index (χ4n) is 0.812. The van der Waals surface area contributed by atoms with Crippen LogP contribution in [0, 0.1) is 0 Å². The SMILES string of the molecule is C=CC1=CC=C(S)CC1. The van der Waals surface area contributed by atoms with Gasteiger partial charge in [0.1, 0.15) is 0 Å². The Balaban J connectivity index is 2.69. The van der Waals surface area contributed by atoms with Gasteiger partial charge in [0.15, 0.2) is 0 Å². The van der Waals surface area contributed by atoms with E-state index in [1.807, 2.05) is 12.2 Å². The lowest BCUT2D eigenvalue weighted by Crippen LogP contribution is -1.85. The summed E-state index contributed by atoms with van der Waals surface area (Å²) in [6.07, 6.45) is 8.17. The van der Waals surface area contributed by atoms with Crippen LogP contribution in [0.2, 0.25) is 0 Å². The van der Waals surface area contributed by atoms with Crippen LogP contribution in [-0.2, 0) is 0 Å². The molecule has 0 saturated carbocycles. The summed E-state index contributed by atoms with van der Waals surface area (Å²) < 4.78 is 0. The highest BCUT2D eigenvalue weighted by molar-refractivity contribution is 7.84. The molecule has 0 nitrogen and oxygen atoms in total. The van der Waals surface area contributed by atoms with Gasteiger partial charge >= 0.3 is 0 Å². The second kappa shape index (κ2) is 2.92. The summed E-state index contributed by atoms with van der Waals surface area (Å²) in [7, 11) is 0. The van der Waals surface area contributed by atoms with E-state index < -0.39 is 0 Å². The molecule has 0 unspecified atom stereocenters. The maximum Gasteiger partial charge on any atom is -0.0181 e. The fraction of sp³-hybridized carbons (Fsp3) is 0.250. The lowest BCUT2D eigenvalue weighted by molar-refractivity contribution is 0.980. The van der Waals surface area contributed by atoms with E-state index in [4.69, 9.17) is 0 Å². The van der Waals surface area contributed by atoms with Gasteiger partial charge < -0.3 is 0 Å². The molecule has 0 aromatic carbocycles. The van der Waals surface area contributed by atoms with Crippen LogP contribution >= 0.6 is 12.6 Å². The maximum absolute atomic E-state index is 4.22. The Hall–Kier alpha value is -0.430. The van der Waals surface area contributed by atoms with Crippen LogP contribution in [0.4, 0.5) is 0 Å². The van der Waals surface area contributed by atoms with Crippen molar-refractivity contribution in [3.63, 3.8) is 0 Å². The molecule has 0 atom stereocenters. The first-order chi connectivity index (χ1) is 4.33. The predicted molar refractivity (Wildman–Crippen MR) is 44.6 cm³/mol. The van der Waals surface area contributed by atoms with Crippen molar-refractivity contribution in [1.82, 2.24) is 0 Å². The van der Waals surface area contributed by atoms with Gasteiger partial charge in [-0.3, -0.25) is 0 Å². The minimum atomic E-state index is 1.07. The summed E-state index contributed by atoms with van der Waals surface area (Å²) in [5, 5.41) is 0. The summed E-state index contributed by atoms with van der Waals surface area (Å²) in [6.45, 7) is 3.69. The lowest BCUT2D eigenvalue weighted by atomic mass is 10.1. The highest BCUT2D eigenvalue weighted by atomic mass is 32.1. The average molecular weight is 138 g/mol. The molecule has 48 valence electrons. The van der Waals surface area contributed by atoms with Crippen molar-refractivity contribution in [1.29, 1.82) is 0 Å². The first-order valence-corrected chi connectivity index (χ1v) is 3.49. The molecule has 0 amide bonds. The Morgan fingerprint density at radius 3 is 2.67 bits per heavy atom. The molecule has 0 N–H and O–H groups in total. The van der Waals surface area contributed by atoms with Crippen LogP contribution in [0.5, 0.6) is 0 Å². The molecule has 1 rings (SSSR count). The average Bonchev–Trinajstić information content (AvgIpc) is 1.90. The molecular formula is C8H10S. The molecule has 0 aliphatic heterocycles. The summed E-state index contributed by atoms with van der Waals surface area (Å²) in [5.41, 5.74) is 1.31. The molecule has 0 bridgehead atoms. The van der Waals surface area contributed by atoms with Crippen molar-refractivity contribution in [3.05, 3.63) is 35.3 Å². The number of hydrogen-bond acceptors (Lipinski definition) is 1. The molecule has 0 fully saturated rings. The van der Waals surface area contributed by atoms with Crippen LogP contribution in [0.25, 0.3) is 0 Å². The first-order valence-electron chi connectivity index (χ1n) is 3.04. The molecule has 1 heteroatoms. The number of allylic oxidation sites excluding steroid dienone is 5. The van der Waals surface area contributed by atoms with E-state index in [0.717, 1.165) is 12.8 Å².